The zero-order chi connectivity index (χ0) is 22.8. The van der Waals surface area contributed by atoms with Gasteiger partial charge in [0.15, 0.2) is 0 Å². The summed E-state index contributed by atoms with van der Waals surface area (Å²) in [6.45, 7) is 0. The number of rotatable bonds is 10. The molecule has 0 radical (unpaired) electrons. The van der Waals surface area contributed by atoms with Crippen LogP contribution in [0.3, 0.4) is 0 Å². The Balaban J connectivity index is 1.46. The third-order valence-corrected chi connectivity index (χ3v) is 4.88. The van der Waals surface area contributed by atoms with Gasteiger partial charge >= 0.3 is 0 Å². The minimum Gasteiger partial charge on any atom is -0.497 e. The van der Waals surface area contributed by atoms with E-state index in [9.17, 15) is 9.59 Å². The number of ether oxygens (including phenoxy) is 2. The molecule has 166 valence electrons. The fourth-order valence-electron chi connectivity index (χ4n) is 3.08. The Kier molecular flexibility index (Phi) is 8.20. The van der Waals surface area contributed by atoms with Crippen molar-refractivity contribution < 1.29 is 19.1 Å². The number of nitrogens with zero attached hydrogens (tertiary/aromatic N) is 1. The maximum Gasteiger partial charge on any atom is 0.225 e. The zero-order valence-electron chi connectivity index (χ0n) is 18.3. The molecule has 0 spiro atoms. The first-order chi connectivity index (χ1) is 15.6. The molecule has 0 aliphatic heterocycles. The second-order valence-electron chi connectivity index (χ2n) is 7.20. The number of anilines is 2. The van der Waals surface area contributed by atoms with E-state index in [0.717, 1.165) is 22.6 Å². The predicted molar refractivity (Wildman–Crippen MR) is 124 cm³/mol. The fourth-order valence-corrected chi connectivity index (χ4v) is 3.08. The minimum atomic E-state index is -0.142. The van der Waals surface area contributed by atoms with Gasteiger partial charge in [-0.25, -0.2) is 4.98 Å². The summed E-state index contributed by atoms with van der Waals surface area (Å²) in [5, 5.41) is 5.56. The highest BCUT2D eigenvalue weighted by atomic mass is 16.5. The number of nitrogens with one attached hydrogen (secondary N) is 2. The van der Waals surface area contributed by atoms with E-state index >= 15 is 0 Å². The van der Waals surface area contributed by atoms with E-state index in [2.05, 4.69) is 15.6 Å². The number of aromatic nitrogens is 1. The highest BCUT2D eigenvalue weighted by molar-refractivity contribution is 5.92. The lowest BCUT2D eigenvalue weighted by Crippen LogP contribution is -2.16. The number of carbonyl (C=O) groups is 2. The molecule has 0 saturated carbocycles. The highest BCUT2D eigenvalue weighted by Crippen LogP contribution is 2.15. The molecule has 2 aromatic carbocycles. The van der Waals surface area contributed by atoms with Crippen LogP contribution < -0.4 is 20.1 Å². The molecule has 7 heteroatoms. The summed E-state index contributed by atoms with van der Waals surface area (Å²) >= 11 is 0. The predicted octanol–water partition coefficient (Wildman–Crippen LogP) is 4.24. The molecule has 0 saturated heterocycles. The van der Waals surface area contributed by atoms with Gasteiger partial charge < -0.3 is 20.1 Å². The molecule has 0 aliphatic rings. The number of carbonyl (C=O) groups excluding carboxylic acids is 2. The number of benzene rings is 2. The number of amides is 2. The standard InChI is InChI=1S/C25H27N3O4/c1-31-20-12-6-18(7-13-20)10-16-24(29)27-22-4-3-5-23(26-22)28-25(30)17-11-19-8-14-21(32-2)15-9-19/h3-9,12-15H,10-11,16-17H2,1-2H3,(H2,26,27,28,29,30). The van der Waals surface area contributed by atoms with E-state index < -0.39 is 0 Å². The lowest BCUT2D eigenvalue weighted by Gasteiger charge is -2.09. The molecule has 7 nitrogen and oxygen atoms in total. The highest BCUT2D eigenvalue weighted by Gasteiger charge is 2.08. The van der Waals surface area contributed by atoms with Gasteiger partial charge in [0.25, 0.3) is 0 Å². The van der Waals surface area contributed by atoms with Crippen LogP contribution >= 0.6 is 0 Å². The number of hydrogen-bond acceptors (Lipinski definition) is 5. The van der Waals surface area contributed by atoms with Crippen molar-refractivity contribution in [2.24, 2.45) is 0 Å². The van der Waals surface area contributed by atoms with Crippen LogP contribution in [0, 0.1) is 0 Å². The second kappa shape index (κ2) is 11.5. The fraction of sp³-hybridized carbons (Fsp3) is 0.240. The van der Waals surface area contributed by atoms with E-state index in [1.165, 1.54) is 0 Å². The van der Waals surface area contributed by atoms with E-state index in [-0.39, 0.29) is 11.8 Å². The molecule has 3 rings (SSSR count). The Hall–Kier alpha value is -3.87. The lowest BCUT2D eigenvalue weighted by molar-refractivity contribution is -0.116. The first-order valence-corrected chi connectivity index (χ1v) is 10.4. The smallest absolute Gasteiger partial charge is 0.225 e. The van der Waals surface area contributed by atoms with Crippen LogP contribution in [0.2, 0.25) is 0 Å². The molecule has 0 fully saturated rings. The lowest BCUT2D eigenvalue weighted by atomic mass is 10.1. The normalized spacial score (nSPS) is 10.3. The van der Waals surface area contributed by atoms with Gasteiger partial charge in [0.1, 0.15) is 23.1 Å². The summed E-state index contributed by atoms with van der Waals surface area (Å²) in [4.78, 5) is 28.9. The molecule has 1 aromatic heterocycles. The summed E-state index contributed by atoms with van der Waals surface area (Å²) in [6.07, 6.45) is 1.87. The maximum absolute atomic E-state index is 12.3. The molecular formula is C25H27N3O4. The van der Waals surface area contributed by atoms with Crippen molar-refractivity contribution in [3.63, 3.8) is 0 Å². The van der Waals surface area contributed by atoms with Crippen molar-refractivity contribution in [1.82, 2.24) is 4.98 Å². The Morgan fingerprint density at radius 2 is 1.09 bits per heavy atom. The van der Waals surface area contributed by atoms with Gasteiger partial charge in [0, 0.05) is 12.8 Å². The molecule has 0 atom stereocenters. The van der Waals surface area contributed by atoms with Crippen LogP contribution in [0.5, 0.6) is 11.5 Å². The average Bonchev–Trinajstić information content (AvgIpc) is 2.82. The van der Waals surface area contributed by atoms with Gasteiger partial charge in [-0.3, -0.25) is 9.59 Å². The third-order valence-electron chi connectivity index (χ3n) is 4.88. The molecule has 0 unspecified atom stereocenters. The Morgan fingerprint density at radius 3 is 1.47 bits per heavy atom. The molecule has 32 heavy (non-hydrogen) atoms. The van der Waals surface area contributed by atoms with E-state index in [1.54, 1.807) is 32.4 Å². The number of hydrogen-bond donors (Lipinski definition) is 2. The molecule has 3 aromatic rings. The van der Waals surface area contributed by atoms with Crippen LogP contribution in [0.1, 0.15) is 24.0 Å². The van der Waals surface area contributed by atoms with Crippen molar-refractivity contribution in [2.45, 2.75) is 25.7 Å². The van der Waals surface area contributed by atoms with Crippen molar-refractivity contribution in [1.29, 1.82) is 0 Å². The van der Waals surface area contributed by atoms with Gasteiger partial charge in [-0.2, -0.15) is 0 Å². The van der Waals surface area contributed by atoms with E-state index in [0.29, 0.717) is 37.3 Å². The number of pyridine rings is 1. The van der Waals surface area contributed by atoms with Crippen molar-refractivity contribution in [2.75, 3.05) is 24.9 Å². The molecule has 2 N–H and O–H groups in total. The van der Waals surface area contributed by atoms with E-state index in [1.807, 2.05) is 48.5 Å². The molecule has 1 heterocycles. The van der Waals surface area contributed by atoms with Crippen molar-refractivity contribution in [3.05, 3.63) is 77.9 Å². The van der Waals surface area contributed by atoms with Crippen LogP contribution in [0.4, 0.5) is 11.6 Å². The van der Waals surface area contributed by atoms with Crippen LogP contribution in [-0.2, 0) is 22.4 Å². The van der Waals surface area contributed by atoms with Gasteiger partial charge in [-0.1, -0.05) is 30.3 Å². The average molecular weight is 434 g/mol. The Labute approximate surface area is 187 Å². The first-order valence-electron chi connectivity index (χ1n) is 10.4. The maximum atomic E-state index is 12.3. The van der Waals surface area contributed by atoms with Gasteiger partial charge in [-0.15, -0.1) is 0 Å². The molecule has 0 bridgehead atoms. The van der Waals surface area contributed by atoms with Crippen LogP contribution in [0.15, 0.2) is 66.7 Å². The molecule has 2 amide bonds. The summed E-state index contributed by atoms with van der Waals surface area (Å²) < 4.78 is 10.3. The van der Waals surface area contributed by atoms with Gasteiger partial charge in [-0.05, 0) is 60.4 Å². The summed E-state index contributed by atoms with van der Waals surface area (Å²) in [6, 6.07) is 20.4. The summed E-state index contributed by atoms with van der Waals surface area (Å²) in [5.74, 6) is 2.08. The van der Waals surface area contributed by atoms with Crippen LogP contribution in [0.25, 0.3) is 0 Å². The molecular weight excluding hydrogens is 406 g/mol. The summed E-state index contributed by atoms with van der Waals surface area (Å²) in [5.41, 5.74) is 2.10. The minimum absolute atomic E-state index is 0.142. The Morgan fingerprint density at radius 1 is 0.688 bits per heavy atom. The zero-order valence-corrected chi connectivity index (χ0v) is 18.3. The van der Waals surface area contributed by atoms with Gasteiger partial charge in [0.2, 0.25) is 11.8 Å². The second-order valence-corrected chi connectivity index (χ2v) is 7.20. The molecule has 0 aliphatic carbocycles. The number of aryl methyl sites for hydroxylation is 2. The van der Waals surface area contributed by atoms with Crippen LogP contribution in [-0.4, -0.2) is 31.0 Å². The topological polar surface area (TPSA) is 89.6 Å². The summed E-state index contributed by atoms with van der Waals surface area (Å²) in [7, 11) is 3.24. The van der Waals surface area contributed by atoms with Gasteiger partial charge in [0.05, 0.1) is 14.2 Å². The largest absolute Gasteiger partial charge is 0.497 e. The monoisotopic (exact) mass is 433 g/mol. The SMILES string of the molecule is COc1ccc(CCC(=O)Nc2cccc(NC(=O)CCc3ccc(OC)cc3)n2)cc1. The first kappa shape index (κ1) is 22.8. The Bertz CT molecular complexity index is 953. The van der Waals surface area contributed by atoms with Crippen molar-refractivity contribution in [3.8, 4) is 11.5 Å². The third kappa shape index (κ3) is 7.12. The number of methoxy groups -OCH3 is 2. The van der Waals surface area contributed by atoms with E-state index in [4.69, 9.17) is 9.47 Å². The quantitative estimate of drug-likeness (QED) is 0.499. The van der Waals surface area contributed by atoms with Crippen molar-refractivity contribution >= 4 is 23.5 Å².